The second-order valence-corrected chi connectivity index (χ2v) is 12.2. The van der Waals surface area contributed by atoms with Gasteiger partial charge in [0.1, 0.15) is 18.2 Å². The third kappa shape index (κ3) is 6.57. The molecule has 9 nitrogen and oxygen atoms in total. The second kappa shape index (κ2) is 14.0. The number of benzene rings is 4. The summed E-state index contributed by atoms with van der Waals surface area (Å²) in [6.07, 6.45) is 0.111. The molecule has 0 saturated carbocycles. The number of aromatic nitrogens is 2. The lowest BCUT2D eigenvalue weighted by atomic mass is 9.99. The molecule has 4 aromatic carbocycles. The highest BCUT2D eigenvalue weighted by molar-refractivity contribution is 6.21. The van der Waals surface area contributed by atoms with Crippen LogP contribution >= 0.6 is 0 Å². The summed E-state index contributed by atoms with van der Waals surface area (Å²) in [5, 5.41) is 4.71. The van der Waals surface area contributed by atoms with Gasteiger partial charge in [0.2, 0.25) is 17.7 Å². The van der Waals surface area contributed by atoms with E-state index in [-0.39, 0.29) is 30.8 Å². The maximum absolute atomic E-state index is 14.8. The summed E-state index contributed by atoms with van der Waals surface area (Å²) >= 11 is 0. The van der Waals surface area contributed by atoms with Gasteiger partial charge in [-0.3, -0.25) is 24.0 Å². The molecule has 244 valence electrons. The molecule has 3 amide bonds. The second-order valence-electron chi connectivity index (χ2n) is 12.2. The Kier molecular flexibility index (Phi) is 9.38. The van der Waals surface area contributed by atoms with E-state index in [9.17, 15) is 14.4 Å². The molecule has 9 heteroatoms. The van der Waals surface area contributed by atoms with Crippen LogP contribution in [0.15, 0.2) is 115 Å². The van der Waals surface area contributed by atoms with E-state index in [1.807, 2.05) is 123 Å². The molecule has 1 unspecified atom stereocenters. The van der Waals surface area contributed by atoms with Gasteiger partial charge < -0.3 is 14.5 Å². The van der Waals surface area contributed by atoms with Crippen LogP contribution in [0.2, 0.25) is 0 Å². The fourth-order valence-electron chi connectivity index (χ4n) is 6.30. The Balaban J connectivity index is 1.42. The van der Waals surface area contributed by atoms with Crippen LogP contribution in [0.25, 0.3) is 0 Å². The Morgan fingerprint density at radius 3 is 2.10 bits per heavy atom. The Morgan fingerprint density at radius 2 is 1.46 bits per heavy atom. The lowest BCUT2D eigenvalue weighted by molar-refractivity contribution is -0.132. The van der Waals surface area contributed by atoms with Crippen molar-refractivity contribution in [1.29, 1.82) is 0 Å². The van der Waals surface area contributed by atoms with Crippen LogP contribution in [-0.2, 0) is 27.3 Å². The number of aryl methyl sites for hydroxylation is 1. The van der Waals surface area contributed by atoms with Crippen molar-refractivity contribution in [2.75, 3.05) is 28.4 Å². The van der Waals surface area contributed by atoms with Crippen molar-refractivity contribution in [3.05, 3.63) is 132 Å². The number of nitrogens with zero attached hydrogens (tertiary/aromatic N) is 5. The molecule has 0 radical (unpaired) electrons. The van der Waals surface area contributed by atoms with E-state index in [0.717, 1.165) is 17.0 Å². The predicted molar refractivity (Wildman–Crippen MR) is 188 cm³/mol. The maximum Gasteiger partial charge on any atom is 0.247 e. The van der Waals surface area contributed by atoms with E-state index in [0.29, 0.717) is 35.0 Å². The highest BCUT2D eigenvalue weighted by atomic mass is 16.5. The normalized spacial score (nSPS) is 14.6. The Bertz CT molecular complexity index is 1900. The molecule has 1 aromatic heterocycles. The van der Waals surface area contributed by atoms with Crippen LogP contribution < -0.4 is 19.4 Å². The number of carbonyl (C=O) groups is 3. The monoisotopic (exact) mass is 641 g/mol. The van der Waals surface area contributed by atoms with Crippen molar-refractivity contribution in [3.63, 3.8) is 0 Å². The lowest BCUT2D eigenvalue weighted by Gasteiger charge is -2.31. The first-order chi connectivity index (χ1) is 23.2. The minimum Gasteiger partial charge on any atom is -0.497 e. The van der Waals surface area contributed by atoms with Gasteiger partial charge in [0, 0.05) is 29.5 Å². The number of para-hydroxylation sites is 3. The Morgan fingerprint density at radius 1 is 0.833 bits per heavy atom. The summed E-state index contributed by atoms with van der Waals surface area (Å²) in [4.78, 5) is 48.5. The third-order valence-electron chi connectivity index (χ3n) is 8.51. The largest absolute Gasteiger partial charge is 0.497 e. The van der Waals surface area contributed by atoms with Gasteiger partial charge in [-0.05, 0) is 80.9 Å². The van der Waals surface area contributed by atoms with Crippen molar-refractivity contribution >= 4 is 40.5 Å². The summed E-state index contributed by atoms with van der Waals surface area (Å²) < 4.78 is 7.18. The molecule has 0 aliphatic carbocycles. The number of amides is 3. The number of hydrogen-bond acceptors (Lipinski definition) is 5. The summed E-state index contributed by atoms with van der Waals surface area (Å²) in [6, 6.07) is 35.5. The molecule has 6 rings (SSSR count). The van der Waals surface area contributed by atoms with Gasteiger partial charge >= 0.3 is 0 Å². The first-order valence-corrected chi connectivity index (χ1v) is 16.1. The van der Waals surface area contributed by atoms with Crippen molar-refractivity contribution in [1.82, 2.24) is 9.78 Å². The molecule has 0 bridgehead atoms. The minimum absolute atomic E-state index is 0.111. The zero-order valence-corrected chi connectivity index (χ0v) is 27.6. The minimum atomic E-state index is -1.12. The molecule has 2 heterocycles. The van der Waals surface area contributed by atoms with E-state index in [1.165, 1.54) is 4.90 Å². The van der Waals surface area contributed by atoms with Gasteiger partial charge in [-0.15, -0.1) is 0 Å². The average Bonchev–Trinajstić information content (AvgIpc) is 3.41. The fraction of sp³-hybridized carbons (Fsp3) is 0.231. The van der Waals surface area contributed by atoms with Crippen LogP contribution in [0.3, 0.4) is 0 Å². The van der Waals surface area contributed by atoms with E-state index < -0.39 is 11.8 Å². The van der Waals surface area contributed by atoms with Crippen molar-refractivity contribution in [2.24, 2.45) is 5.92 Å². The van der Waals surface area contributed by atoms with Gasteiger partial charge in [-0.2, -0.15) is 5.10 Å². The number of hydrogen-bond donors (Lipinski definition) is 0. The predicted octanol–water partition coefficient (Wildman–Crippen LogP) is 6.56. The first kappa shape index (κ1) is 32.2. The molecule has 1 atom stereocenters. The van der Waals surface area contributed by atoms with Crippen LogP contribution in [0, 0.1) is 12.8 Å². The molecular formula is C39H39N5O4. The summed E-state index contributed by atoms with van der Waals surface area (Å²) in [5.41, 5.74) is 4.95. The van der Waals surface area contributed by atoms with Gasteiger partial charge in [0.25, 0.3) is 0 Å². The van der Waals surface area contributed by atoms with Gasteiger partial charge in [0.15, 0.2) is 0 Å². The molecule has 48 heavy (non-hydrogen) atoms. The quantitative estimate of drug-likeness (QED) is 0.161. The zero-order valence-electron chi connectivity index (χ0n) is 27.6. The third-order valence-corrected chi connectivity index (χ3v) is 8.51. The van der Waals surface area contributed by atoms with Crippen molar-refractivity contribution in [2.45, 2.75) is 39.8 Å². The van der Waals surface area contributed by atoms with Crippen LogP contribution in [-0.4, -0.2) is 47.2 Å². The molecule has 5 aromatic rings. The van der Waals surface area contributed by atoms with Crippen molar-refractivity contribution < 1.29 is 19.1 Å². The van der Waals surface area contributed by atoms with Gasteiger partial charge in [0.05, 0.1) is 30.7 Å². The molecule has 0 fully saturated rings. The van der Waals surface area contributed by atoms with E-state index in [1.54, 1.807) is 35.1 Å². The van der Waals surface area contributed by atoms with E-state index in [2.05, 4.69) is 0 Å². The summed E-state index contributed by atoms with van der Waals surface area (Å²) in [5.74, 6) is -1.53. The number of carbonyl (C=O) groups excluding carboxylic acids is 3. The molecule has 0 N–H and O–H groups in total. The highest BCUT2D eigenvalue weighted by Crippen LogP contribution is 2.40. The standard InChI is InChI=1S/C39H39N5O4/c1-27(2)43(31-19-21-33(48-4)22-20-31)37(45)26-41-35-17-11-12-18-36(35)44(30-15-9-6-10-16-30)39(47)34(38(41)46)24-32-23-28(3)40-42(32)25-29-13-7-5-8-14-29/h5-23,27,34H,24-26H2,1-4H3. The fourth-order valence-corrected chi connectivity index (χ4v) is 6.30. The number of fused-ring (bicyclic) bond motifs is 1. The maximum atomic E-state index is 14.8. The van der Waals surface area contributed by atoms with Gasteiger partial charge in [-0.25, -0.2) is 0 Å². The molecule has 1 aliphatic heterocycles. The van der Waals surface area contributed by atoms with E-state index >= 15 is 0 Å². The summed E-state index contributed by atoms with van der Waals surface area (Å²) in [6.45, 7) is 6.00. The van der Waals surface area contributed by atoms with E-state index in [4.69, 9.17) is 9.84 Å². The molecular weight excluding hydrogens is 602 g/mol. The topological polar surface area (TPSA) is 88.0 Å². The number of ether oxygens (including phenoxy) is 1. The smallest absolute Gasteiger partial charge is 0.247 e. The first-order valence-electron chi connectivity index (χ1n) is 16.1. The van der Waals surface area contributed by atoms with Crippen LogP contribution in [0.4, 0.5) is 22.7 Å². The Hall–Kier alpha value is -5.70. The van der Waals surface area contributed by atoms with Gasteiger partial charge in [-0.1, -0.05) is 60.7 Å². The Labute approximate surface area is 281 Å². The highest BCUT2D eigenvalue weighted by Gasteiger charge is 2.42. The van der Waals surface area contributed by atoms with Crippen LogP contribution in [0.5, 0.6) is 5.75 Å². The average molecular weight is 642 g/mol. The molecule has 0 spiro atoms. The molecule has 1 aliphatic rings. The van der Waals surface area contributed by atoms with Crippen molar-refractivity contribution in [3.8, 4) is 5.75 Å². The number of rotatable bonds is 10. The molecule has 0 saturated heterocycles. The van der Waals surface area contributed by atoms with Crippen LogP contribution in [0.1, 0.15) is 30.8 Å². The summed E-state index contributed by atoms with van der Waals surface area (Å²) in [7, 11) is 1.59. The SMILES string of the molecule is COc1ccc(N(C(=O)CN2C(=O)C(Cc3cc(C)nn3Cc3ccccc3)C(=O)N(c3ccccc3)c3ccccc32)C(C)C)cc1. The number of anilines is 4. The lowest BCUT2D eigenvalue weighted by Crippen LogP contribution is -2.48. The zero-order chi connectivity index (χ0) is 33.8. The number of methoxy groups -OCH3 is 1.